The molecule has 4 heteroatoms. The highest BCUT2D eigenvalue weighted by Gasteiger charge is 2.18. The Kier molecular flexibility index (Phi) is 5.64. The Hall–Kier alpha value is -1.62. The number of aliphatic hydroxyl groups excluding tert-OH is 1. The van der Waals surface area contributed by atoms with Crippen molar-refractivity contribution in [1.82, 2.24) is 4.57 Å². The van der Waals surface area contributed by atoms with Crippen molar-refractivity contribution in [2.75, 3.05) is 0 Å². The molecule has 28 heavy (non-hydrogen) atoms. The van der Waals surface area contributed by atoms with Crippen LogP contribution in [-0.4, -0.2) is 15.8 Å². The summed E-state index contributed by atoms with van der Waals surface area (Å²) < 4.78 is 4.47. The molecule has 1 atom stereocenters. The summed E-state index contributed by atoms with van der Waals surface area (Å²) in [5.41, 5.74) is 6.11. The van der Waals surface area contributed by atoms with Gasteiger partial charge in [0.2, 0.25) is 0 Å². The van der Waals surface area contributed by atoms with E-state index in [1.54, 1.807) is 0 Å². The highest BCUT2D eigenvalue weighted by atomic mass is 79.9. The van der Waals surface area contributed by atoms with Gasteiger partial charge >= 0.3 is 0 Å². The average Bonchev–Trinajstić information content (AvgIpc) is 2.94. The standard InChI is InChI=1S/C24H23Br2NO/c1-15-10-18(25)12-21-22-13-19(26)11-16(2)24(22)27(23(15)21)14-20(28)9-8-17-6-4-3-5-7-17/h3-7,10-13,20,28H,8-9,14H2,1-2H3. The molecule has 0 spiro atoms. The third-order valence-corrected chi connectivity index (χ3v) is 6.28. The number of nitrogens with zero attached hydrogens (tertiary/aromatic N) is 1. The molecule has 2 nitrogen and oxygen atoms in total. The molecule has 4 rings (SSSR count). The van der Waals surface area contributed by atoms with Crippen molar-refractivity contribution in [3.63, 3.8) is 0 Å². The monoisotopic (exact) mass is 499 g/mol. The van der Waals surface area contributed by atoms with E-state index >= 15 is 0 Å². The van der Waals surface area contributed by atoms with Crippen molar-refractivity contribution in [2.45, 2.75) is 39.3 Å². The lowest BCUT2D eigenvalue weighted by Crippen LogP contribution is -2.17. The van der Waals surface area contributed by atoms with E-state index in [-0.39, 0.29) is 0 Å². The van der Waals surface area contributed by atoms with E-state index in [1.807, 2.05) is 6.07 Å². The van der Waals surface area contributed by atoms with Crippen LogP contribution in [0.2, 0.25) is 0 Å². The van der Waals surface area contributed by atoms with Gasteiger partial charge in [0, 0.05) is 26.3 Å². The zero-order valence-electron chi connectivity index (χ0n) is 16.0. The summed E-state index contributed by atoms with van der Waals surface area (Å²) in [5.74, 6) is 0. The van der Waals surface area contributed by atoms with Crippen LogP contribution in [0.4, 0.5) is 0 Å². The van der Waals surface area contributed by atoms with Crippen LogP contribution in [0.15, 0.2) is 63.5 Å². The van der Waals surface area contributed by atoms with Crippen molar-refractivity contribution in [3.8, 4) is 0 Å². The zero-order valence-corrected chi connectivity index (χ0v) is 19.2. The minimum absolute atomic E-state index is 0.398. The number of hydrogen-bond donors (Lipinski definition) is 1. The first-order valence-electron chi connectivity index (χ1n) is 9.54. The number of aliphatic hydroxyl groups is 1. The van der Waals surface area contributed by atoms with Gasteiger partial charge in [-0.05, 0) is 67.6 Å². The molecular weight excluding hydrogens is 478 g/mol. The molecule has 0 fully saturated rings. The Bertz CT molecular complexity index is 1080. The molecule has 0 aliphatic heterocycles. The third kappa shape index (κ3) is 3.78. The predicted octanol–water partition coefficient (Wildman–Crippen LogP) is 6.93. The molecule has 1 N–H and O–H groups in total. The van der Waals surface area contributed by atoms with Gasteiger partial charge in [0.05, 0.1) is 17.1 Å². The number of aryl methyl sites for hydroxylation is 3. The number of aromatic nitrogens is 1. The quantitative estimate of drug-likeness (QED) is 0.315. The van der Waals surface area contributed by atoms with E-state index in [0.717, 1.165) is 21.8 Å². The van der Waals surface area contributed by atoms with Gasteiger partial charge in [-0.1, -0.05) is 62.2 Å². The van der Waals surface area contributed by atoms with Crippen molar-refractivity contribution in [2.24, 2.45) is 0 Å². The Labute approximate surface area is 182 Å². The summed E-state index contributed by atoms with van der Waals surface area (Å²) in [4.78, 5) is 0. The number of rotatable bonds is 5. The van der Waals surface area contributed by atoms with Gasteiger partial charge in [0.15, 0.2) is 0 Å². The molecule has 4 aromatic rings. The minimum atomic E-state index is -0.398. The van der Waals surface area contributed by atoms with E-state index in [1.165, 1.54) is 38.5 Å². The molecule has 0 saturated carbocycles. The molecule has 0 bridgehead atoms. The van der Waals surface area contributed by atoms with Gasteiger partial charge in [0.1, 0.15) is 0 Å². The SMILES string of the molecule is Cc1cc(Br)cc2c3cc(Br)cc(C)c3n(CC(O)CCc3ccccc3)c12. The van der Waals surface area contributed by atoms with Gasteiger partial charge < -0.3 is 9.67 Å². The van der Waals surface area contributed by atoms with E-state index in [4.69, 9.17) is 0 Å². The molecule has 1 aromatic heterocycles. The Balaban J connectivity index is 1.76. The second-order valence-corrected chi connectivity index (χ2v) is 9.36. The maximum absolute atomic E-state index is 10.9. The molecule has 1 unspecified atom stereocenters. The van der Waals surface area contributed by atoms with Crippen molar-refractivity contribution < 1.29 is 5.11 Å². The summed E-state index contributed by atoms with van der Waals surface area (Å²) in [5, 5.41) is 13.3. The van der Waals surface area contributed by atoms with Gasteiger partial charge in [0.25, 0.3) is 0 Å². The summed E-state index contributed by atoms with van der Waals surface area (Å²) in [6, 6.07) is 19.0. The first-order valence-corrected chi connectivity index (χ1v) is 11.1. The highest BCUT2D eigenvalue weighted by Crippen LogP contribution is 2.37. The van der Waals surface area contributed by atoms with Crippen molar-refractivity contribution in [1.29, 1.82) is 0 Å². The minimum Gasteiger partial charge on any atom is -0.391 e. The molecule has 0 radical (unpaired) electrons. The smallest absolute Gasteiger partial charge is 0.0722 e. The predicted molar refractivity (Wildman–Crippen MR) is 125 cm³/mol. The summed E-state index contributed by atoms with van der Waals surface area (Å²) >= 11 is 7.29. The highest BCUT2D eigenvalue weighted by molar-refractivity contribution is 9.10. The van der Waals surface area contributed by atoms with E-state index < -0.39 is 6.10 Å². The first-order chi connectivity index (χ1) is 13.4. The van der Waals surface area contributed by atoms with Crippen molar-refractivity contribution >= 4 is 53.7 Å². The second-order valence-electron chi connectivity index (χ2n) is 7.53. The first kappa shape index (κ1) is 19.7. The van der Waals surface area contributed by atoms with Crippen LogP contribution in [0.3, 0.4) is 0 Å². The van der Waals surface area contributed by atoms with Gasteiger partial charge in [-0.2, -0.15) is 0 Å². The van der Waals surface area contributed by atoms with E-state index in [2.05, 4.69) is 98.8 Å². The number of fused-ring (bicyclic) bond motifs is 3. The van der Waals surface area contributed by atoms with Gasteiger partial charge in [-0.15, -0.1) is 0 Å². The lowest BCUT2D eigenvalue weighted by Gasteiger charge is -2.16. The molecule has 0 aliphatic carbocycles. The normalized spacial score (nSPS) is 12.8. The van der Waals surface area contributed by atoms with Crippen LogP contribution < -0.4 is 0 Å². The van der Waals surface area contributed by atoms with Crippen LogP contribution in [0.1, 0.15) is 23.1 Å². The number of halogens is 2. The zero-order chi connectivity index (χ0) is 19.8. The fraction of sp³-hybridized carbons (Fsp3) is 0.250. The second kappa shape index (κ2) is 8.02. The van der Waals surface area contributed by atoms with Crippen LogP contribution in [0, 0.1) is 13.8 Å². The number of benzene rings is 3. The third-order valence-electron chi connectivity index (χ3n) is 5.36. The lowest BCUT2D eigenvalue weighted by atomic mass is 10.1. The molecule has 0 amide bonds. The fourth-order valence-electron chi connectivity index (χ4n) is 4.17. The van der Waals surface area contributed by atoms with Gasteiger partial charge in [-0.3, -0.25) is 0 Å². The van der Waals surface area contributed by atoms with Crippen LogP contribution in [0.5, 0.6) is 0 Å². The van der Waals surface area contributed by atoms with Crippen LogP contribution in [-0.2, 0) is 13.0 Å². The molecule has 144 valence electrons. The van der Waals surface area contributed by atoms with E-state index in [0.29, 0.717) is 6.54 Å². The summed E-state index contributed by atoms with van der Waals surface area (Å²) in [6.07, 6.45) is 1.23. The lowest BCUT2D eigenvalue weighted by molar-refractivity contribution is 0.147. The van der Waals surface area contributed by atoms with Crippen LogP contribution in [0.25, 0.3) is 21.8 Å². The maximum atomic E-state index is 10.9. The summed E-state index contributed by atoms with van der Waals surface area (Å²) in [6.45, 7) is 4.88. The number of hydrogen-bond acceptors (Lipinski definition) is 1. The Morgan fingerprint density at radius 1 is 0.857 bits per heavy atom. The molecule has 0 saturated heterocycles. The maximum Gasteiger partial charge on any atom is 0.0722 e. The molecular formula is C24H23Br2NO. The van der Waals surface area contributed by atoms with E-state index in [9.17, 15) is 5.11 Å². The Morgan fingerprint density at radius 2 is 1.39 bits per heavy atom. The molecule has 3 aromatic carbocycles. The molecule has 0 aliphatic rings. The average molecular weight is 501 g/mol. The van der Waals surface area contributed by atoms with Gasteiger partial charge in [-0.25, -0.2) is 0 Å². The van der Waals surface area contributed by atoms with Crippen molar-refractivity contribution in [3.05, 3.63) is 80.2 Å². The molecule has 1 heterocycles. The van der Waals surface area contributed by atoms with Crippen LogP contribution >= 0.6 is 31.9 Å². The summed E-state index contributed by atoms with van der Waals surface area (Å²) in [7, 11) is 0. The largest absolute Gasteiger partial charge is 0.391 e. The Morgan fingerprint density at radius 3 is 1.93 bits per heavy atom. The topological polar surface area (TPSA) is 25.2 Å². The fourth-order valence-corrected chi connectivity index (χ4v) is 5.32.